The van der Waals surface area contributed by atoms with Gasteiger partial charge in [0.05, 0.1) is 43.5 Å². The van der Waals surface area contributed by atoms with Crippen molar-refractivity contribution >= 4 is 5.78 Å². The maximum Gasteiger partial charge on any atom is 0.148 e. The summed E-state index contributed by atoms with van der Waals surface area (Å²) in [6.07, 6.45) is 0.215. The minimum absolute atomic E-state index is 0.0717. The molecule has 21 heavy (non-hydrogen) atoms. The topological polar surface area (TPSA) is 44.8 Å². The highest BCUT2D eigenvalue weighted by Crippen LogP contribution is 2.27. The van der Waals surface area contributed by atoms with Gasteiger partial charge in [0.1, 0.15) is 5.78 Å². The van der Waals surface area contributed by atoms with Gasteiger partial charge in [0.25, 0.3) is 0 Å². The Morgan fingerprint density at radius 3 is 1.19 bits per heavy atom. The number of carbonyl (C=O) groups is 1. The molecule has 0 unspecified atom stereocenters. The van der Waals surface area contributed by atoms with Crippen LogP contribution in [0.5, 0.6) is 0 Å². The number of ether oxygens (including phenoxy) is 3. The molecule has 0 aliphatic rings. The molecule has 0 aromatic carbocycles. The van der Waals surface area contributed by atoms with Crippen molar-refractivity contribution in [3.8, 4) is 0 Å². The molecule has 0 heterocycles. The maximum atomic E-state index is 12.8. The van der Waals surface area contributed by atoms with Crippen molar-refractivity contribution in [1.82, 2.24) is 0 Å². The fourth-order valence-corrected chi connectivity index (χ4v) is 1.93. The molecule has 0 aliphatic carbocycles. The van der Waals surface area contributed by atoms with Gasteiger partial charge in [-0.1, -0.05) is 13.8 Å². The van der Waals surface area contributed by atoms with Crippen LogP contribution >= 0.6 is 0 Å². The largest absolute Gasteiger partial charge is 0.378 e. The van der Waals surface area contributed by atoms with E-state index in [1.165, 1.54) is 0 Å². The summed E-state index contributed by atoms with van der Waals surface area (Å²) in [6.45, 7) is 16.6. The Labute approximate surface area is 130 Å². The molecule has 0 spiro atoms. The first-order valence-corrected chi connectivity index (χ1v) is 8.00. The van der Waals surface area contributed by atoms with Crippen molar-refractivity contribution < 1.29 is 19.0 Å². The quantitative estimate of drug-likeness (QED) is 0.586. The molecule has 4 nitrogen and oxygen atoms in total. The molecule has 0 N–H and O–H groups in total. The predicted molar refractivity (Wildman–Crippen MR) is 85.5 cm³/mol. The van der Waals surface area contributed by atoms with Crippen molar-refractivity contribution in [3.05, 3.63) is 0 Å². The SMILES string of the molecule is CC(C)OCC(COC(C)C)(COC(C)C)C(=O)C(C)C. The maximum absolute atomic E-state index is 12.8. The van der Waals surface area contributed by atoms with Crippen molar-refractivity contribution in [2.24, 2.45) is 11.3 Å². The lowest BCUT2D eigenvalue weighted by molar-refractivity contribution is -0.154. The molecule has 126 valence electrons. The molecule has 4 heteroatoms. The first-order valence-electron chi connectivity index (χ1n) is 8.00. The first kappa shape index (κ1) is 20.6. The van der Waals surface area contributed by atoms with Gasteiger partial charge in [-0.25, -0.2) is 0 Å². The van der Waals surface area contributed by atoms with Crippen LogP contribution in [0.4, 0.5) is 0 Å². The van der Waals surface area contributed by atoms with E-state index >= 15 is 0 Å². The molecule has 0 amide bonds. The Kier molecular flexibility index (Phi) is 9.34. The van der Waals surface area contributed by atoms with Crippen LogP contribution in [0.2, 0.25) is 0 Å². The van der Waals surface area contributed by atoms with Crippen molar-refractivity contribution in [2.75, 3.05) is 19.8 Å². The normalized spacial score (nSPS) is 13.0. The van der Waals surface area contributed by atoms with Crippen molar-refractivity contribution in [2.45, 2.75) is 73.7 Å². The van der Waals surface area contributed by atoms with Gasteiger partial charge in [0.2, 0.25) is 0 Å². The lowest BCUT2D eigenvalue weighted by Gasteiger charge is -2.35. The van der Waals surface area contributed by atoms with E-state index in [0.717, 1.165) is 0 Å². The zero-order valence-corrected chi connectivity index (χ0v) is 15.1. The van der Waals surface area contributed by atoms with Gasteiger partial charge in [-0.05, 0) is 41.5 Å². The van der Waals surface area contributed by atoms with Crippen molar-refractivity contribution in [1.29, 1.82) is 0 Å². The lowest BCUT2D eigenvalue weighted by Crippen LogP contribution is -2.48. The minimum Gasteiger partial charge on any atom is -0.378 e. The van der Waals surface area contributed by atoms with E-state index in [1.807, 2.05) is 55.4 Å². The predicted octanol–water partition coefficient (Wildman–Crippen LogP) is 3.47. The Bertz CT molecular complexity index is 264. The van der Waals surface area contributed by atoms with E-state index in [-0.39, 0.29) is 30.0 Å². The van der Waals surface area contributed by atoms with E-state index in [0.29, 0.717) is 19.8 Å². The number of carbonyl (C=O) groups excluding carboxylic acids is 1. The van der Waals surface area contributed by atoms with Crippen LogP contribution in [0.15, 0.2) is 0 Å². The van der Waals surface area contributed by atoms with Gasteiger partial charge >= 0.3 is 0 Å². The van der Waals surface area contributed by atoms with E-state index < -0.39 is 5.41 Å². The average molecular weight is 302 g/mol. The molecule has 0 saturated heterocycles. The van der Waals surface area contributed by atoms with Crippen LogP contribution in [0.25, 0.3) is 0 Å². The second-order valence-electron chi connectivity index (χ2n) is 6.88. The summed E-state index contributed by atoms with van der Waals surface area (Å²) in [5.41, 5.74) is -0.729. The zero-order valence-electron chi connectivity index (χ0n) is 15.1. The van der Waals surface area contributed by atoms with Crippen molar-refractivity contribution in [3.63, 3.8) is 0 Å². The smallest absolute Gasteiger partial charge is 0.148 e. The van der Waals surface area contributed by atoms with Crippen LogP contribution in [-0.2, 0) is 19.0 Å². The number of ketones is 1. The highest BCUT2D eigenvalue weighted by molar-refractivity contribution is 5.87. The number of hydrogen-bond acceptors (Lipinski definition) is 4. The Balaban J connectivity index is 5.19. The number of rotatable bonds is 11. The first-order chi connectivity index (χ1) is 9.60. The fraction of sp³-hybridized carbons (Fsp3) is 0.941. The molecule has 0 radical (unpaired) electrons. The third-order valence-electron chi connectivity index (χ3n) is 3.13. The minimum atomic E-state index is -0.729. The zero-order chi connectivity index (χ0) is 16.6. The van der Waals surface area contributed by atoms with Gasteiger partial charge in [-0.3, -0.25) is 4.79 Å². The van der Waals surface area contributed by atoms with Crippen LogP contribution < -0.4 is 0 Å². The number of hydrogen-bond donors (Lipinski definition) is 0. The van der Waals surface area contributed by atoms with Crippen LogP contribution in [0.3, 0.4) is 0 Å². The third-order valence-corrected chi connectivity index (χ3v) is 3.13. The van der Waals surface area contributed by atoms with Gasteiger partial charge in [0.15, 0.2) is 0 Å². The standard InChI is InChI=1S/C17H34O4/c1-12(2)16(18)17(9-19-13(3)4,10-20-14(5)6)11-21-15(7)8/h12-15H,9-11H2,1-8H3. The van der Waals surface area contributed by atoms with E-state index in [4.69, 9.17) is 14.2 Å². The summed E-state index contributed by atoms with van der Waals surface area (Å²) in [5.74, 6) is 0.0664. The lowest BCUT2D eigenvalue weighted by atomic mass is 9.80. The molecule has 0 bridgehead atoms. The fourth-order valence-electron chi connectivity index (χ4n) is 1.93. The molecule has 0 fully saturated rings. The summed E-state index contributed by atoms with van der Waals surface area (Å²) in [4.78, 5) is 12.8. The number of Topliss-reactive ketones (excluding diaryl/α,β-unsaturated/α-hetero) is 1. The second kappa shape index (κ2) is 9.54. The molecular formula is C17H34O4. The monoisotopic (exact) mass is 302 g/mol. The Morgan fingerprint density at radius 2 is 1.00 bits per heavy atom. The Hall–Kier alpha value is -0.450. The third kappa shape index (κ3) is 7.93. The van der Waals surface area contributed by atoms with Gasteiger partial charge in [0, 0.05) is 5.92 Å². The van der Waals surface area contributed by atoms with E-state index in [1.54, 1.807) is 0 Å². The molecule has 0 rings (SSSR count). The summed E-state index contributed by atoms with van der Waals surface area (Å²) in [6, 6.07) is 0. The summed E-state index contributed by atoms with van der Waals surface area (Å²) in [5, 5.41) is 0. The molecular weight excluding hydrogens is 268 g/mol. The molecule has 0 saturated carbocycles. The average Bonchev–Trinajstić information content (AvgIpc) is 2.36. The van der Waals surface area contributed by atoms with Gasteiger partial charge in [-0.2, -0.15) is 0 Å². The van der Waals surface area contributed by atoms with Gasteiger partial charge in [-0.15, -0.1) is 0 Å². The summed E-state index contributed by atoms with van der Waals surface area (Å²) in [7, 11) is 0. The molecule has 0 aromatic rings. The van der Waals surface area contributed by atoms with Crippen LogP contribution in [0.1, 0.15) is 55.4 Å². The Morgan fingerprint density at radius 1 is 0.714 bits per heavy atom. The highest BCUT2D eigenvalue weighted by Gasteiger charge is 2.41. The molecule has 0 aliphatic heterocycles. The summed E-state index contributed by atoms with van der Waals surface area (Å²) < 4.78 is 17.3. The van der Waals surface area contributed by atoms with Crippen LogP contribution in [0, 0.1) is 11.3 Å². The van der Waals surface area contributed by atoms with Gasteiger partial charge < -0.3 is 14.2 Å². The van der Waals surface area contributed by atoms with E-state index in [2.05, 4.69) is 0 Å². The molecule has 0 atom stereocenters. The van der Waals surface area contributed by atoms with Crippen LogP contribution in [-0.4, -0.2) is 43.9 Å². The summed E-state index contributed by atoms with van der Waals surface area (Å²) >= 11 is 0. The molecule has 0 aromatic heterocycles. The van der Waals surface area contributed by atoms with E-state index in [9.17, 15) is 4.79 Å². The highest BCUT2D eigenvalue weighted by atomic mass is 16.5. The second-order valence-corrected chi connectivity index (χ2v) is 6.88.